The standard InChI is InChI=1S/C26H24FN3O3S/c1-15-8-16(2)10-22(9-15)30-17(3)11-19(18(30)4)12-23-25(32)29(26(33)34-23)14-24(31)28-21-7-5-6-20(27)13-21/h5-13H,14H2,1-4H3,(H,28,31)/b23-12+. The van der Waals surface area contributed by atoms with Crippen LogP contribution in [0, 0.1) is 33.5 Å². The van der Waals surface area contributed by atoms with E-state index in [4.69, 9.17) is 0 Å². The molecule has 3 amide bonds. The average Bonchev–Trinajstić information content (AvgIpc) is 3.16. The number of aryl methyl sites for hydroxylation is 3. The lowest BCUT2D eigenvalue weighted by Crippen LogP contribution is -2.36. The minimum Gasteiger partial charge on any atom is -0.324 e. The summed E-state index contributed by atoms with van der Waals surface area (Å²) >= 11 is 0.801. The third-order valence-electron chi connectivity index (χ3n) is 5.51. The SMILES string of the molecule is Cc1cc(C)cc(-n2c(C)cc(/C=C3/SC(=O)N(CC(=O)Nc4cccc(F)c4)C3=O)c2C)c1. The van der Waals surface area contributed by atoms with Crippen LogP contribution in [0.5, 0.6) is 0 Å². The minimum absolute atomic E-state index is 0.254. The van der Waals surface area contributed by atoms with Crippen molar-refractivity contribution in [3.63, 3.8) is 0 Å². The van der Waals surface area contributed by atoms with Crippen molar-refractivity contribution < 1.29 is 18.8 Å². The van der Waals surface area contributed by atoms with Gasteiger partial charge in [-0.05, 0) is 98.6 Å². The van der Waals surface area contributed by atoms with Crippen molar-refractivity contribution in [2.75, 3.05) is 11.9 Å². The number of rotatable bonds is 5. The van der Waals surface area contributed by atoms with Gasteiger partial charge in [0.15, 0.2) is 0 Å². The van der Waals surface area contributed by atoms with Crippen LogP contribution in [-0.4, -0.2) is 33.1 Å². The summed E-state index contributed by atoms with van der Waals surface area (Å²) in [5, 5.41) is 1.99. The number of aromatic nitrogens is 1. The molecule has 0 bridgehead atoms. The molecule has 0 radical (unpaired) electrons. The van der Waals surface area contributed by atoms with Crippen molar-refractivity contribution >= 4 is 40.6 Å². The average molecular weight is 478 g/mol. The number of hydrogen-bond acceptors (Lipinski definition) is 4. The highest BCUT2D eigenvalue weighted by molar-refractivity contribution is 8.18. The first-order valence-corrected chi connectivity index (χ1v) is 11.5. The summed E-state index contributed by atoms with van der Waals surface area (Å²) in [5.41, 5.74) is 6.37. The van der Waals surface area contributed by atoms with E-state index >= 15 is 0 Å². The molecule has 8 heteroatoms. The molecule has 1 fully saturated rings. The lowest BCUT2D eigenvalue weighted by molar-refractivity contribution is -0.127. The highest BCUT2D eigenvalue weighted by atomic mass is 32.2. The summed E-state index contributed by atoms with van der Waals surface area (Å²) < 4.78 is 15.4. The second-order valence-electron chi connectivity index (χ2n) is 8.33. The molecule has 1 aliphatic rings. The van der Waals surface area contributed by atoms with Gasteiger partial charge in [0, 0.05) is 22.8 Å². The number of nitrogens with one attached hydrogen (secondary N) is 1. The van der Waals surface area contributed by atoms with Crippen LogP contribution in [0.4, 0.5) is 14.9 Å². The normalized spacial score (nSPS) is 14.9. The predicted molar refractivity (Wildman–Crippen MR) is 132 cm³/mol. The second kappa shape index (κ2) is 9.30. The van der Waals surface area contributed by atoms with E-state index in [1.807, 2.05) is 33.8 Å². The summed E-state index contributed by atoms with van der Waals surface area (Å²) in [4.78, 5) is 38.8. The van der Waals surface area contributed by atoms with Gasteiger partial charge in [-0.3, -0.25) is 19.3 Å². The molecular weight excluding hydrogens is 453 g/mol. The van der Waals surface area contributed by atoms with Crippen molar-refractivity contribution in [2.45, 2.75) is 27.7 Å². The smallest absolute Gasteiger partial charge is 0.294 e. The zero-order valence-corrected chi connectivity index (χ0v) is 20.1. The first kappa shape index (κ1) is 23.5. The number of nitrogens with zero attached hydrogens (tertiary/aromatic N) is 2. The van der Waals surface area contributed by atoms with E-state index in [1.165, 1.54) is 18.2 Å². The van der Waals surface area contributed by atoms with Gasteiger partial charge in [-0.15, -0.1) is 0 Å². The van der Waals surface area contributed by atoms with E-state index in [9.17, 15) is 18.8 Å². The number of hydrogen-bond donors (Lipinski definition) is 1. The van der Waals surface area contributed by atoms with Gasteiger partial charge in [-0.2, -0.15) is 0 Å². The van der Waals surface area contributed by atoms with Crippen molar-refractivity contribution in [2.24, 2.45) is 0 Å². The zero-order chi connectivity index (χ0) is 24.6. The van der Waals surface area contributed by atoms with Gasteiger partial charge in [-0.1, -0.05) is 12.1 Å². The van der Waals surface area contributed by atoms with E-state index in [-0.39, 0.29) is 10.6 Å². The molecule has 34 heavy (non-hydrogen) atoms. The summed E-state index contributed by atoms with van der Waals surface area (Å²) in [7, 11) is 0. The summed E-state index contributed by atoms with van der Waals surface area (Å²) in [6.45, 7) is 7.61. The summed E-state index contributed by atoms with van der Waals surface area (Å²) in [6, 6.07) is 13.7. The van der Waals surface area contributed by atoms with E-state index < -0.39 is 29.4 Å². The van der Waals surface area contributed by atoms with Crippen LogP contribution in [0.1, 0.15) is 28.1 Å². The molecule has 1 saturated heterocycles. The third-order valence-corrected chi connectivity index (χ3v) is 6.41. The molecule has 174 valence electrons. The number of carbonyl (C=O) groups is 3. The molecule has 1 N–H and O–H groups in total. The topological polar surface area (TPSA) is 71.4 Å². The largest absolute Gasteiger partial charge is 0.324 e. The molecule has 0 atom stereocenters. The lowest BCUT2D eigenvalue weighted by atomic mass is 10.1. The number of halogens is 1. The third kappa shape index (κ3) is 4.82. The highest BCUT2D eigenvalue weighted by Crippen LogP contribution is 2.34. The molecule has 0 aliphatic carbocycles. The Balaban J connectivity index is 1.55. The fourth-order valence-corrected chi connectivity index (χ4v) is 4.93. The van der Waals surface area contributed by atoms with Crippen molar-refractivity contribution in [3.8, 4) is 5.69 Å². The molecular formula is C26H24FN3O3S. The van der Waals surface area contributed by atoms with Crippen LogP contribution in [0.15, 0.2) is 53.4 Å². The minimum atomic E-state index is -0.581. The number of benzene rings is 2. The van der Waals surface area contributed by atoms with Gasteiger partial charge in [0.05, 0.1) is 4.91 Å². The van der Waals surface area contributed by atoms with Crippen molar-refractivity contribution in [1.29, 1.82) is 0 Å². The van der Waals surface area contributed by atoms with Crippen LogP contribution in [-0.2, 0) is 9.59 Å². The number of carbonyl (C=O) groups excluding carboxylic acids is 3. The molecule has 4 rings (SSSR count). The quantitative estimate of drug-likeness (QED) is 0.491. The van der Waals surface area contributed by atoms with Gasteiger partial charge < -0.3 is 9.88 Å². The maximum atomic E-state index is 13.3. The Morgan fingerprint density at radius 1 is 1.03 bits per heavy atom. The lowest BCUT2D eigenvalue weighted by Gasteiger charge is -2.12. The van der Waals surface area contributed by atoms with Crippen molar-refractivity contribution in [1.82, 2.24) is 9.47 Å². The Labute approximate surface area is 201 Å². The fourth-order valence-electron chi connectivity index (χ4n) is 4.10. The van der Waals surface area contributed by atoms with Crippen LogP contribution < -0.4 is 5.32 Å². The monoisotopic (exact) mass is 477 g/mol. The zero-order valence-electron chi connectivity index (χ0n) is 19.3. The molecule has 0 unspecified atom stereocenters. The van der Waals surface area contributed by atoms with Gasteiger partial charge >= 0.3 is 0 Å². The number of amides is 3. The first-order valence-electron chi connectivity index (χ1n) is 10.7. The predicted octanol–water partition coefficient (Wildman–Crippen LogP) is 5.53. The maximum Gasteiger partial charge on any atom is 0.294 e. The van der Waals surface area contributed by atoms with Gasteiger partial charge in [0.1, 0.15) is 12.4 Å². The van der Waals surface area contributed by atoms with E-state index in [2.05, 4.69) is 28.1 Å². The Morgan fingerprint density at radius 3 is 2.41 bits per heavy atom. The molecule has 1 aliphatic heterocycles. The molecule has 1 aromatic heterocycles. The molecule has 2 heterocycles. The number of imide groups is 1. The first-order chi connectivity index (χ1) is 16.1. The molecule has 0 saturated carbocycles. The number of thioether (sulfide) groups is 1. The van der Waals surface area contributed by atoms with Gasteiger partial charge in [0.25, 0.3) is 11.1 Å². The van der Waals surface area contributed by atoms with E-state index in [0.717, 1.165) is 56.5 Å². The fraction of sp³-hybridized carbons (Fsp3) is 0.192. The molecule has 0 spiro atoms. The Morgan fingerprint density at radius 2 is 1.74 bits per heavy atom. The number of anilines is 1. The van der Waals surface area contributed by atoms with E-state index in [1.54, 1.807) is 6.08 Å². The van der Waals surface area contributed by atoms with Crippen molar-refractivity contribution in [3.05, 3.63) is 87.3 Å². The van der Waals surface area contributed by atoms with Crippen LogP contribution in [0.25, 0.3) is 11.8 Å². The Bertz CT molecular complexity index is 1340. The molecule has 2 aromatic carbocycles. The van der Waals surface area contributed by atoms with Gasteiger partial charge in [0.2, 0.25) is 5.91 Å². The van der Waals surface area contributed by atoms with Crippen LogP contribution in [0.3, 0.4) is 0 Å². The van der Waals surface area contributed by atoms with Gasteiger partial charge in [-0.25, -0.2) is 4.39 Å². The molecule has 6 nitrogen and oxygen atoms in total. The summed E-state index contributed by atoms with van der Waals surface area (Å²) in [5.74, 6) is -1.60. The summed E-state index contributed by atoms with van der Waals surface area (Å²) in [6.07, 6.45) is 1.69. The Kier molecular flexibility index (Phi) is 6.43. The highest BCUT2D eigenvalue weighted by Gasteiger charge is 2.36. The maximum absolute atomic E-state index is 13.3. The second-order valence-corrected chi connectivity index (χ2v) is 9.33. The molecule has 3 aromatic rings. The van der Waals surface area contributed by atoms with E-state index in [0.29, 0.717) is 0 Å². The van der Waals surface area contributed by atoms with Crippen LogP contribution in [0.2, 0.25) is 0 Å². The van der Waals surface area contributed by atoms with Crippen LogP contribution >= 0.6 is 11.8 Å². The Hall–Kier alpha value is -3.65.